The summed E-state index contributed by atoms with van der Waals surface area (Å²) in [6, 6.07) is 8.26. The maximum absolute atomic E-state index is 12.2. The van der Waals surface area contributed by atoms with Crippen molar-refractivity contribution in [1.82, 2.24) is 15.3 Å². The van der Waals surface area contributed by atoms with E-state index in [1.807, 2.05) is 0 Å². The second kappa shape index (κ2) is 6.70. The molecule has 8 nitrogen and oxygen atoms in total. The second-order valence-corrected chi connectivity index (χ2v) is 5.51. The Morgan fingerprint density at radius 2 is 2.16 bits per heavy atom. The van der Waals surface area contributed by atoms with Gasteiger partial charge in [-0.3, -0.25) is 15.1 Å². The molecule has 0 aliphatic carbocycles. The summed E-state index contributed by atoms with van der Waals surface area (Å²) in [5, 5.41) is 3.57. The molecular weight excluding hydrogens is 344 g/mol. The highest BCUT2D eigenvalue weighted by Crippen LogP contribution is 2.34. The molecule has 25 heavy (non-hydrogen) atoms. The van der Waals surface area contributed by atoms with E-state index in [1.54, 1.807) is 30.3 Å². The fourth-order valence-corrected chi connectivity index (χ4v) is 2.44. The molecule has 1 aromatic carbocycles. The maximum atomic E-state index is 12.2. The van der Waals surface area contributed by atoms with Crippen LogP contribution in [0.25, 0.3) is 10.9 Å². The summed E-state index contributed by atoms with van der Waals surface area (Å²) in [6.45, 7) is 0. The Bertz CT molecular complexity index is 982. The molecule has 9 heteroatoms. The third-order valence-electron chi connectivity index (χ3n) is 3.41. The Hall–Kier alpha value is -3.26. The smallest absolute Gasteiger partial charge is 0.274 e. The molecule has 2 heterocycles. The first kappa shape index (κ1) is 16.6. The maximum Gasteiger partial charge on any atom is 0.274 e. The molecule has 0 saturated heterocycles. The summed E-state index contributed by atoms with van der Waals surface area (Å²) in [7, 11) is 1.48. The van der Waals surface area contributed by atoms with E-state index in [2.05, 4.69) is 20.3 Å². The molecule has 3 aromatic rings. The van der Waals surface area contributed by atoms with Crippen molar-refractivity contribution in [3.05, 3.63) is 47.2 Å². The number of hydrogen-bond acceptors (Lipinski definition) is 5. The molecule has 0 spiro atoms. The number of ether oxygens (including phenoxy) is 1. The number of nitrogens with two attached hydrogens (primary N) is 2. The van der Waals surface area contributed by atoms with Gasteiger partial charge in [0.1, 0.15) is 17.3 Å². The van der Waals surface area contributed by atoms with Gasteiger partial charge in [-0.25, -0.2) is 4.98 Å². The number of fused-ring (bicyclic) bond motifs is 1. The summed E-state index contributed by atoms with van der Waals surface area (Å²) in [4.78, 5) is 22.8. The molecule has 3 rings (SSSR count). The zero-order valence-electron chi connectivity index (χ0n) is 13.2. The van der Waals surface area contributed by atoms with Gasteiger partial charge in [0.05, 0.1) is 10.5 Å². The fourth-order valence-electron chi connectivity index (χ4n) is 2.22. The fraction of sp³-hybridized carbons (Fsp3) is 0.0625. The van der Waals surface area contributed by atoms with E-state index in [9.17, 15) is 4.79 Å². The average Bonchev–Trinajstić information content (AvgIpc) is 3.04. The number of nitrogen functional groups attached to an aromatic ring is 1. The number of nitrogens with zero attached hydrogens (tertiary/aromatic N) is 2. The Kier molecular flexibility index (Phi) is 4.44. The van der Waals surface area contributed by atoms with E-state index >= 15 is 0 Å². The minimum Gasteiger partial charge on any atom is -0.455 e. The largest absolute Gasteiger partial charge is 0.455 e. The molecule has 128 valence electrons. The van der Waals surface area contributed by atoms with Crippen LogP contribution in [0.1, 0.15) is 10.5 Å². The monoisotopic (exact) mass is 358 g/mol. The van der Waals surface area contributed by atoms with Crippen LogP contribution in [-0.2, 0) is 0 Å². The van der Waals surface area contributed by atoms with Crippen molar-refractivity contribution in [1.29, 1.82) is 0 Å². The molecule has 0 saturated carbocycles. The molecule has 0 atom stereocenters. The Morgan fingerprint density at radius 3 is 2.88 bits per heavy atom. The van der Waals surface area contributed by atoms with Crippen LogP contribution in [-0.4, -0.2) is 28.9 Å². The molecule has 2 aromatic heterocycles. The quantitative estimate of drug-likeness (QED) is 0.421. The number of hydrogen-bond donors (Lipinski definition) is 4. The SMILES string of the molecule is CN=C(N)NC(=O)c1cc2c(Cl)ccc(Oc3ccnc(N)c3)c2[nH]1. The molecule has 1 amide bonds. The Morgan fingerprint density at radius 1 is 1.36 bits per heavy atom. The van der Waals surface area contributed by atoms with Crippen LogP contribution in [0.15, 0.2) is 41.5 Å². The van der Waals surface area contributed by atoms with Gasteiger partial charge in [-0.15, -0.1) is 0 Å². The highest BCUT2D eigenvalue weighted by Gasteiger charge is 2.15. The van der Waals surface area contributed by atoms with E-state index in [0.717, 1.165) is 0 Å². The van der Waals surface area contributed by atoms with Gasteiger partial charge in [-0.1, -0.05) is 11.6 Å². The number of guanidine groups is 1. The van der Waals surface area contributed by atoms with E-state index in [1.165, 1.54) is 13.2 Å². The minimum absolute atomic E-state index is 0.0125. The van der Waals surface area contributed by atoms with Crippen LogP contribution in [0.5, 0.6) is 11.5 Å². The molecule has 0 fully saturated rings. The van der Waals surface area contributed by atoms with E-state index < -0.39 is 5.91 Å². The Labute approximate surface area is 147 Å². The van der Waals surface area contributed by atoms with Crippen LogP contribution in [0, 0.1) is 0 Å². The molecule has 6 N–H and O–H groups in total. The molecule has 0 unspecified atom stereocenters. The first-order valence-electron chi connectivity index (χ1n) is 7.22. The lowest BCUT2D eigenvalue weighted by Crippen LogP contribution is -2.36. The topological polar surface area (TPSA) is 131 Å². The number of benzene rings is 1. The second-order valence-electron chi connectivity index (χ2n) is 5.10. The van der Waals surface area contributed by atoms with Gasteiger partial charge >= 0.3 is 0 Å². The lowest BCUT2D eigenvalue weighted by molar-refractivity contribution is 0.0972. The van der Waals surface area contributed by atoms with Crippen LogP contribution >= 0.6 is 11.6 Å². The first-order chi connectivity index (χ1) is 12.0. The molecule has 0 aliphatic rings. The first-order valence-corrected chi connectivity index (χ1v) is 7.60. The molecule has 0 aliphatic heterocycles. The number of aromatic amines is 1. The lowest BCUT2D eigenvalue weighted by Gasteiger charge is -2.08. The minimum atomic E-state index is -0.436. The number of halogens is 1. The van der Waals surface area contributed by atoms with Crippen LogP contribution in [0.3, 0.4) is 0 Å². The van der Waals surface area contributed by atoms with Gasteiger partial charge in [0.2, 0.25) is 0 Å². The third-order valence-corrected chi connectivity index (χ3v) is 3.74. The third kappa shape index (κ3) is 3.48. The number of anilines is 1. The van der Waals surface area contributed by atoms with Crippen molar-refractivity contribution in [2.45, 2.75) is 0 Å². The zero-order valence-corrected chi connectivity index (χ0v) is 14.0. The van der Waals surface area contributed by atoms with Crippen LogP contribution in [0.4, 0.5) is 5.82 Å². The van der Waals surface area contributed by atoms with Crippen molar-refractivity contribution in [3.8, 4) is 11.5 Å². The normalized spacial score (nSPS) is 11.5. The number of aliphatic imine (C=N–C) groups is 1. The summed E-state index contributed by atoms with van der Waals surface area (Å²) < 4.78 is 5.83. The number of amides is 1. The number of rotatable bonds is 3. The van der Waals surface area contributed by atoms with Gasteiger partial charge in [0, 0.05) is 24.7 Å². The van der Waals surface area contributed by atoms with Gasteiger partial charge < -0.3 is 21.2 Å². The summed E-state index contributed by atoms with van der Waals surface area (Å²) in [5.74, 6) is 0.914. The molecular formula is C16H15ClN6O2. The number of carbonyl (C=O) groups is 1. The van der Waals surface area contributed by atoms with Crippen molar-refractivity contribution < 1.29 is 9.53 Å². The predicted molar refractivity (Wildman–Crippen MR) is 97.0 cm³/mol. The van der Waals surface area contributed by atoms with Crippen LogP contribution in [0.2, 0.25) is 5.02 Å². The highest BCUT2D eigenvalue weighted by atomic mass is 35.5. The molecule has 0 bridgehead atoms. The van der Waals surface area contributed by atoms with Crippen molar-refractivity contribution >= 4 is 40.2 Å². The van der Waals surface area contributed by atoms with Gasteiger partial charge in [0.25, 0.3) is 5.91 Å². The van der Waals surface area contributed by atoms with Crippen LogP contribution < -0.4 is 21.5 Å². The van der Waals surface area contributed by atoms with Gasteiger partial charge in [0.15, 0.2) is 11.7 Å². The van der Waals surface area contributed by atoms with E-state index in [4.69, 9.17) is 27.8 Å². The van der Waals surface area contributed by atoms with Crippen molar-refractivity contribution in [3.63, 3.8) is 0 Å². The number of H-pyrrole nitrogens is 1. The number of carbonyl (C=O) groups excluding carboxylic acids is 1. The van der Waals surface area contributed by atoms with E-state index in [0.29, 0.717) is 33.2 Å². The number of nitrogens with one attached hydrogen (secondary N) is 2. The number of pyridine rings is 1. The standard InChI is InChI=1S/C16H15ClN6O2/c1-20-16(19)23-15(24)11-7-9-10(17)2-3-12(14(9)22-11)25-8-4-5-21-13(18)6-8/h2-7,22H,1H3,(H2,18,21)(H3,19,20,23,24). The zero-order chi connectivity index (χ0) is 18.0. The molecule has 0 radical (unpaired) electrons. The van der Waals surface area contributed by atoms with Gasteiger partial charge in [-0.05, 0) is 24.3 Å². The number of aromatic nitrogens is 2. The predicted octanol–water partition coefficient (Wildman–Crippen LogP) is 2.27. The highest BCUT2D eigenvalue weighted by molar-refractivity contribution is 6.36. The van der Waals surface area contributed by atoms with Crippen molar-refractivity contribution in [2.75, 3.05) is 12.8 Å². The summed E-state index contributed by atoms with van der Waals surface area (Å²) in [6.07, 6.45) is 1.54. The lowest BCUT2D eigenvalue weighted by atomic mass is 10.2. The van der Waals surface area contributed by atoms with Gasteiger partial charge in [-0.2, -0.15) is 0 Å². The summed E-state index contributed by atoms with van der Waals surface area (Å²) >= 11 is 6.22. The van der Waals surface area contributed by atoms with E-state index in [-0.39, 0.29) is 11.7 Å². The average molecular weight is 359 g/mol. The van der Waals surface area contributed by atoms with Crippen molar-refractivity contribution in [2.24, 2.45) is 10.7 Å². The summed E-state index contributed by atoms with van der Waals surface area (Å²) in [5.41, 5.74) is 12.0. The Balaban J connectivity index is 2.00.